The van der Waals surface area contributed by atoms with E-state index in [2.05, 4.69) is 20.7 Å². The number of sulfonamides is 1. The van der Waals surface area contributed by atoms with Crippen molar-refractivity contribution in [2.24, 2.45) is 0 Å². The second-order valence-corrected chi connectivity index (χ2v) is 7.49. The Morgan fingerprint density at radius 1 is 1.28 bits per heavy atom. The topological polar surface area (TPSA) is 55.4 Å². The third kappa shape index (κ3) is 4.59. The maximum Gasteiger partial charge on any atom is 0.240 e. The van der Waals surface area contributed by atoms with Gasteiger partial charge in [0, 0.05) is 10.9 Å². The summed E-state index contributed by atoms with van der Waals surface area (Å²) in [5, 5.41) is 0. The predicted octanol–water partition coefficient (Wildman–Crippen LogP) is 2.54. The van der Waals surface area contributed by atoms with E-state index < -0.39 is 10.0 Å². The van der Waals surface area contributed by atoms with Gasteiger partial charge >= 0.3 is 0 Å². The van der Waals surface area contributed by atoms with Gasteiger partial charge in [-0.1, -0.05) is 22.9 Å². The van der Waals surface area contributed by atoms with Gasteiger partial charge in [-0.25, -0.2) is 13.1 Å². The molecular formula is C12H18BrNO3S. The molecule has 0 aliphatic rings. The van der Waals surface area contributed by atoms with Crippen LogP contribution in [0.5, 0.6) is 5.75 Å². The van der Waals surface area contributed by atoms with Crippen LogP contribution in [0.15, 0.2) is 29.2 Å². The molecule has 2 atom stereocenters. The Hall–Kier alpha value is -0.590. The minimum atomic E-state index is -3.46. The number of hydrogen-bond acceptors (Lipinski definition) is 3. The summed E-state index contributed by atoms with van der Waals surface area (Å²) in [6.45, 7) is 3.83. The zero-order chi connectivity index (χ0) is 13.8. The largest absolute Gasteiger partial charge is 0.497 e. The van der Waals surface area contributed by atoms with Crippen molar-refractivity contribution >= 4 is 26.0 Å². The van der Waals surface area contributed by atoms with Crippen LogP contribution in [0.25, 0.3) is 0 Å². The Morgan fingerprint density at radius 2 is 1.83 bits per heavy atom. The lowest BCUT2D eigenvalue weighted by molar-refractivity contribution is 0.414. The smallest absolute Gasteiger partial charge is 0.240 e. The molecule has 6 heteroatoms. The third-order valence-electron chi connectivity index (χ3n) is 2.40. The highest BCUT2D eigenvalue weighted by Crippen LogP contribution is 2.16. The molecule has 4 nitrogen and oxygen atoms in total. The van der Waals surface area contributed by atoms with Crippen LogP contribution in [0.1, 0.15) is 20.3 Å². The second kappa shape index (κ2) is 6.54. The van der Waals surface area contributed by atoms with Crippen LogP contribution in [0.3, 0.4) is 0 Å². The molecule has 0 radical (unpaired) electrons. The molecule has 0 bridgehead atoms. The summed E-state index contributed by atoms with van der Waals surface area (Å²) in [5.41, 5.74) is 0. The quantitative estimate of drug-likeness (QED) is 0.812. The molecular weight excluding hydrogens is 318 g/mol. The van der Waals surface area contributed by atoms with Gasteiger partial charge in [0.2, 0.25) is 10.0 Å². The van der Waals surface area contributed by atoms with E-state index in [0.29, 0.717) is 5.75 Å². The average Bonchev–Trinajstić information content (AvgIpc) is 2.27. The maximum atomic E-state index is 12.1. The molecule has 0 heterocycles. The van der Waals surface area contributed by atoms with E-state index in [0.717, 1.165) is 6.42 Å². The molecule has 0 saturated carbocycles. The zero-order valence-electron chi connectivity index (χ0n) is 10.7. The summed E-state index contributed by atoms with van der Waals surface area (Å²) in [7, 11) is -1.91. The van der Waals surface area contributed by atoms with Crippen molar-refractivity contribution in [3.05, 3.63) is 24.3 Å². The summed E-state index contributed by atoms with van der Waals surface area (Å²) < 4.78 is 31.7. The highest BCUT2D eigenvalue weighted by Gasteiger charge is 2.18. The fourth-order valence-electron chi connectivity index (χ4n) is 1.62. The van der Waals surface area contributed by atoms with Crippen LogP contribution in [0.2, 0.25) is 0 Å². The molecule has 0 fully saturated rings. The molecule has 102 valence electrons. The van der Waals surface area contributed by atoms with Crippen molar-refractivity contribution in [1.82, 2.24) is 4.72 Å². The fraction of sp³-hybridized carbons (Fsp3) is 0.500. The molecule has 1 N–H and O–H groups in total. The van der Waals surface area contributed by atoms with Crippen LogP contribution < -0.4 is 9.46 Å². The lowest BCUT2D eigenvalue weighted by Gasteiger charge is -2.15. The molecule has 1 rings (SSSR count). The molecule has 1 aromatic rings. The summed E-state index contributed by atoms with van der Waals surface area (Å²) >= 11 is 3.41. The zero-order valence-corrected chi connectivity index (χ0v) is 13.1. The van der Waals surface area contributed by atoms with Gasteiger partial charge in [-0.05, 0) is 37.6 Å². The lowest BCUT2D eigenvalue weighted by atomic mass is 10.2. The van der Waals surface area contributed by atoms with Crippen molar-refractivity contribution < 1.29 is 13.2 Å². The van der Waals surface area contributed by atoms with Crippen molar-refractivity contribution in [2.75, 3.05) is 7.11 Å². The number of methoxy groups -OCH3 is 1. The molecule has 0 aliphatic heterocycles. The van der Waals surface area contributed by atoms with E-state index in [4.69, 9.17) is 4.74 Å². The third-order valence-corrected chi connectivity index (χ3v) is 4.38. The molecule has 0 amide bonds. The van der Waals surface area contributed by atoms with Gasteiger partial charge < -0.3 is 4.74 Å². The first-order chi connectivity index (χ1) is 8.35. The van der Waals surface area contributed by atoms with E-state index in [9.17, 15) is 8.42 Å². The second-order valence-electron chi connectivity index (χ2n) is 4.21. The molecule has 0 aliphatic carbocycles. The number of halogens is 1. The Labute approximate surface area is 117 Å². The number of benzene rings is 1. The van der Waals surface area contributed by atoms with Gasteiger partial charge in [0.15, 0.2) is 0 Å². The van der Waals surface area contributed by atoms with Crippen LogP contribution in [-0.4, -0.2) is 26.4 Å². The predicted molar refractivity (Wildman–Crippen MR) is 75.8 cm³/mol. The van der Waals surface area contributed by atoms with Crippen LogP contribution in [-0.2, 0) is 10.0 Å². The Bertz CT molecular complexity index is 471. The van der Waals surface area contributed by atoms with Crippen LogP contribution in [0.4, 0.5) is 0 Å². The monoisotopic (exact) mass is 335 g/mol. The maximum absolute atomic E-state index is 12.1. The molecule has 0 aromatic heterocycles. The van der Waals surface area contributed by atoms with Crippen molar-refractivity contribution in [3.8, 4) is 5.75 Å². The van der Waals surface area contributed by atoms with Crippen molar-refractivity contribution in [3.63, 3.8) is 0 Å². The first kappa shape index (κ1) is 15.5. The fourth-order valence-corrected chi connectivity index (χ4v) is 3.44. The number of rotatable bonds is 6. The van der Waals surface area contributed by atoms with Crippen molar-refractivity contribution in [1.29, 1.82) is 0 Å². The van der Waals surface area contributed by atoms with Gasteiger partial charge in [-0.2, -0.15) is 0 Å². The van der Waals surface area contributed by atoms with Crippen molar-refractivity contribution in [2.45, 2.75) is 36.0 Å². The van der Waals surface area contributed by atoms with Gasteiger partial charge in [0.25, 0.3) is 0 Å². The first-order valence-corrected chi connectivity index (χ1v) is 8.05. The molecule has 0 saturated heterocycles. The van der Waals surface area contributed by atoms with Gasteiger partial charge in [0.05, 0.1) is 12.0 Å². The van der Waals surface area contributed by atoms with E-state index in [1.54, 1.807) is 19.2 Å². The van der Waals surface area contributed by atoms with E-state index >= 15 is 0 Å². The minimum absolute atomic E-state index is 0.119. The Kier molecular flexibility index (Phi) is 5.62. The van der Waals surface area contributed by atoms with Crippen LogP contribution in [0, 0.1) is 0 Å². The van der Waals surface area contributed by atoms with Gasteiger partial charge in [0.1, 0.15) is 5.75 Å². The summed E-state index contributed by atoms with van der Waals surface area (Å²) in [6, 6.07) is 6.21. The molecule has 18 heavy (non-hydrogen) atoms. The highest BCUT2D eigenvalue weighted by atomic mass is 79.9. The lowest BCUT2D eigenvalue weighted by Crippen LogP contribution is -2.33. The van der Waals surface area contributed by atoms with E-state index in [1.165, 1.54) is 12.1 Å². The number of hydrogen-bond donors (Lipinski definition) is 1. The summed E-state index contributed by atoms with van der Waals surface area (Å²) in [5.74, 6) is 0.635. The number of alkyl halides is 1. The average molecular weight is 336 g/mol. The van der Waals surface area contributed by atoms with E-state index in [-0.39, 0.29) is 15.8 Å². The first-order valence-electron chi connectivity index (χ1n) is 5.65. The SMILES string of the molecule is COc1ccc(S(=O)(=O)NC(C)CC(C)Br)cc1. The highest BCUT2D eigenvalue weighted by molar-refractivity contribution is 9.09. The summed E-state index contributed by atoms with van der Waals surface area (Å²) in [6.07, 6.45) is 0.732. The van der Waals surface area contributed by atoms with E-state index in [1.807, 2.05) is 13.8 Å². The van der Waals surface area contributed by atoms with Gasteiger partial charge in [-0.3, -0.25) is 0 Å². The normalized spacial score (nSPS) is 15.1. The Balaban J connectivity index is 2.79. The van der Waals surface area contributed by atoms with Crippen LogP contribution >= 0.6 is 15.9 Å². The van der Waals surface area contributed by atoms with Gasteiger partial charge in [-0.15, -0.1) is 0 Å². The molecule has 1 aromatic carbocycles. The standard InChI is InChI=1S/C12H18BrNO3S/c1-9(13)8-10(2)14-18(15,16)12-6-4-11(17-3)5-7-12/h4-7,9-10,14H,8H2,1-3H3. The molecule has 2 unspecified atom stereocenters. The number of nitrogens with one attached hydrogen (secondary N) is 1. The minimum Gasteiger partial charge on any atom is -0.497 e. The summed E-state index contributed by atoms with van der Waals surface area (Å²) in [4.78, 5) is 0.517. The Morgan fingerprint density at radius 3 is 2.28 bits per heavy atom. The number of ether oxygens (including phenoxy) is 1. The molecule has 0 spiro atoms.